The number of unbranched alkanes of at least 4 members (excludes halogenated alkanes) is 3. The monoisotopic (exact) mass is 242 g/mol. The molecule has 0 saturated carbocycles. The molecule has 0 unspecified atom stereocenters. The van der Waals surface area contributed by atoms with Gasteiger partial charge >= 0.3 is 6.09 Å². The quantitative estimate of drug-likeness (QED) is 0.383. The molecule has 0 rings (SSSR count). The predicted octanol–water partition coefficient (Wildman–Crippen LogP) is 2.21. The number of hydrogen-bond donors (Lipinski definition) is 1. The normalized spacial score (nSPS) is 11.3. The van der Waals surface area contributed by atoms with Crippen molar-refractivity contribution in [2.24, 2.45) is 4.99 Å². The average molecular weight is 242 g/mol. The first-order valence-electron chi connectivity index (χ1n) is 6.01. The molecule has 0 aliphatic heterocycles. The van der Waals surface area contributed by atoms with Crippen molar-refractivity contribution in [3.8, 4) is 0 Å². The van der Waals surface area contributed by atoms with Crippen LogP contribution in [0.3, 0.4) is 0 Å². The van der Waals surface area contributed by atoms with E-state index in [1.807, 2.05) is 0 Å². The lowest BCUT2D eigenvalue weighted by Gasteiger charge is -2.17. The van der Waals surface area contributed by atoms with Gasteiger partial charge in [0.05, 0.1) is 13.1 Å². The maximum Gasteiger partial charge on any atom is 0.408 e. The molecule has 0 radical (unpaired) electrons. The number of aldehydes is 1. The first-order valence-corrected chi connectivity index (χ1v) is 6.01. The van der Waals surface area contributed by atoms with Gasteiger partial charge in [0.2, 0.25) is 0 Å². The predicted molar refractivity (Wildman–Crippen MR) is 67.8 cm³/mol. The van der Waals surface area contributed by atoms with Crippen LogP contribution in [0.2, 0.25) is 0 Å². The van der Waals surface area contributed by atoms with Crippen molar-refractivity contribution < 1.29 is 14.7 Å². The Labute approximate surface area is 103 Å². The Morgan fingerprint density at radius 1 is 1.35 bits per heavy atom. The van der Waals surface area contributed by atoms with E-state index in [1.165, 1.54) is 12.8 Å². The van der Waals surface area contributed by atoms with E-state index in [2.05, 4.69) is 11.9 Å². The van der Waals surface area contributed by atoms with Crippen molar-refractivity contribution in [1.82, 2.24) is 4.90 Å². The summed E-state index contributed by atoms with van der Waals surface area (Å²) in [4.78, 5) is 26.3. The Balaban J connectivity index is 4.09. The molecule has 98 valence electrons. The van der Waals surface area contributed by atoms with Crippen LogP contribution in [0.15, 0.2) is 4.99 Å². The lowest BCUT2D eigenvalue weighted by Crippen LogP contribution is -2.35. The summed E-state index contributed by atoms with van der Waals surface area (Å²) in [6.45, 7) is 2.28. The van der Waals surface area contributed by atoms with Gasteiger partial charge < -0.3 is 9.90 Å². The van der Waals surface area contributed by atoms with Crippen molar-refractivity contribution in [1.29, 1.82) is 0 Å². The molecule has 0 bridgehead atoms. The zero-order chi connectivity index (χ0) is 13.1. The Morgan fingerprint density at radius 2 is 2.06 bits per heavy atom. The van der Waals surface area contributed by atoms with Gasteiger partial charge in [-0.25, -0.2) is 4.79 Å². The molecule has 0 atom stereocenters. The first-order chi connectivity index (χ1) is 8.15. The van der Waals surface area contributed by atoms with Gasteiger partial charge in [0.15, 0.2) is 0 Å². The SMILES string of the molecule is CCCCCCC(CN(CC=O)C(=O)O)=NC. The Kier molecular flexibility index (Phi) is 9.01. The Hall–Kier alpha value is -1.39. The number of carbonyl (C=O) groups excluding carboxylic acids is 1. The fraction of sp³-hybridized carbons (Fsp3) is 0.750. The highest BCUT2D eigenvalue weighted by Crippen LogP contribution is 2.05. The molecule has 0 aliphatic rings. The standard InChI is InChI=1S/C12H22N2O3/c1-3-4-5-6-7-11(13-2)10-14(8-9-15)12(16)17/h9H,3-8,10H2,1-2H3,(H,16,17). The fourth-order valence-corrected chi connectivity index (χ4v) is 1.54. The summed E-state index contributed by atoms with van der Waals surface area (Å²) >= 11 is 0. The van der Waals surface area contributed by atoms with Crippen molar-refractivity contribution >= 4 is 18.1 Å². The smallest absolute Gasteiger partial charge is 0.408 e. The molecule has 5 nitrogen and oxygen atoms in total. The largest absolute Gasteiger partial charge is 0.465 e. The first kappa shape index (κ1) is 15.6. The van der Waals surface area contributed by atoms with E-state index in [0.717, 1.165) is 29.9 Å². The van der Waals surface area contributed by atoms with Gasteiger partial charge in [0, 0.05) is 12.8 Å². The topological polar surface area (TPSA) is 70.0 Å². The number of rotatable bonds is 9. The molecule has 0 aliphatic carbocycles. The van der Waals surface area contributed by atoms with Crippen LogP contribution in [0.5, 0.6) is 0 Å². The highest BCUT2D eigenvalue weighted by molar-refractivity contribution is 5.89. The van der Waals surface area contributed by atoms with Crippen LogP contribution in [0, 0.1) is 0 Å². The maximum absolute atomic E-state index is 10.8. The summed E-state index contributed by atoms with van der Waals surface area (Å²) in [6, 6.07) is 0. The van der Waals surface area contributed by atoms with Crippen LogP contribution in [0.4, 0.5) is 4.79 Å². The van der Waals surface area contributed by atoms with Crippen molar-refractivity contribution in [3.05, 3.63) is 0 Å². The van der Waals surface area contributed by atoms with E-state index in [1.54, 1.807) is 7.05 Å². The second-order valence-corrected chi connectivity index (χ2v) is 3.93. The molecule has 0 heterocycles. The van der Waals surface area contributed by atoms with E-state index in [0.29, 0.717) is 6.29 Å². The number of carboxylic acid groups (broad SMARTS) is 1. The molecule has 0 aromatic rings. The van der Waals surface area contributed by atoms with Gasteiger partial charge in [0.1, 0.15) is 6.29 Å². The summed E-state index contributed by atoms with van der Waals surface area (Å²) in [5.41, 5.74) is 0.838. The van der Waals surface area contributed by atoms with Crippen molar-refractivity contribution in [2.45, 2.75) is 39.0 Å². The molecule has 1 N–H and O–H groups in total. The highest BCUT2D eigenvalue weighted by Gasteiger charge is 2.13. The summed E-state index contributed by atoms with van der Waals surface area (Å²) in [6.07, 6.45) is 4.84. The van der Waals surface area contributed by atoms with Crippen molar-refractivity contribution in [2.75, 3.05) is 20.1 Å². The number of carbonyl (C=O) groups is 2. The number of amides is 1. The van der Waals surface area contributed by atoms with E-state index in [-0.39, 0.29) is 13.1 Å². The van der Waals surface area contributed by atoms with Crippen LogP contribution in [0.1, 0.15) is 39.0 Å². The minimum atomic E-state index is -1.08. The molecular weight excluding hydrogens is 220 g/mol. The van der Waals surface area contributed by atoms with Gasteiger partial charge in [-0.2, -0.15) is 0 Å². The van der Waals surface area contributed by atoms with Crippen LogP contribution < -0.4 is 0 Å². The molecular formula is C12H22N2O3. The van der Waals surface area contributed by atoms with E-state index < -0.39 is 6.09 Å². The van der Waals surface area contributed by atoms with E-state index in [4.69, 9.17) is 5.11 Å². The molecule has 1 amide bonds. The van der Waals surface area contributed by atoms with Crippen LogP contribution in [0.25, 0.3) is 0 Å². The van der Waals surface area contributed by atoms with Gasteiger partial charge in [-0.05, 0) is 12.8 Å². The van der Waals surface area contributed by atoms with Gasteiger partial charge in [-0.1, -0.05) is 26.2 Å². The summed E-state index contributed by atoms with van der Waals surface area (Å²) in [7, 11) is 1.66. The third kappa shape index (κ3) is 7.49. The van der Waals surface area contributed by atoms with Gasteiger partial charge in [-0.3, -0.25) is 9.89 Å². The second-order valence-electron chi connectivity index (χ2n) is 3.93. The molecule has 0 spiro atoms. The van der Waals surface area contributed by atoms with Crippen molar-refractivity contribution in [3.63, 3.8) is 0 Å². The number of nitrogens with zero attached hydrogens (tertiary/aromatic N) is 2. The summed E-state index contributed by atoms with van der Waals surface area (Å²) < 4.78 is 0. The molecule has 0 aromatic carbocycles. The molecule has 0 saturated heterocycles. The Bertz CT molecular complexity index is 264. The third-order valence-electron chi connectivity index (χ3n) is 2.57. The maximum atomic E-state index is 10.8. The molecule has 0 aromatic heterocycles. The third-order valence-corrected chi connectivity index (χ3v) is 2.57. The minimum Gasteiger partial charge on any atom is -0.465 e. The van der Waals surface area contributed by atoms with Gasteiger partial charge in [-0.15, -0.1) is 0 Å². The van der Waals surface area contributed by atoms with E-state index in [9.17, 15) is 9.59 Å². The highest BCUT2D eigenvalue weighted by atomic mass is 16.4. The Morgan fingerprint density at radius 3 is 2.53 bits per heavy atom. The zero-order valence-corrected chi connectivity index (χ0v) is 10.7. The number of hydrogen-bond acceptors (Lipinski definition) is 3. The summed E-state index contributed by atoms with van der Waals surface area (Å²) in [5, 5.41) is 8.87. The van der Waals surface area contributed by atoms with Crippen LogP contribution in [-0.4, -0.2) is 48.2 Å². The number of aliphatic imine (C=N–C) groups is 1. The fourth-order valence-electron chi connectivity index (χ4n) is 1.54. The average Bonchev–Trinajstić information content (AvgIpc) is 2.31. The zero-order valence-electron chi connectivity index (χ0n) is 10.7. The molecule has 0 fully saturated rings. The molecule has 5 heteroatoms. The second kappa shape index (κ2) is 9.81. The van der Waals surface area contributed by atoms with Gasteiger partial charge in [0.25, 0.3) is 0 Å². The molecule has 17 heavy (non-hydrogen) atoms. The minimum absolute atomic E-state index is 0.0939. The van der Waals surface area contributed by atoms with Crippen LogP contribution >= 0.6 is 0 Å². The lowest BCUT2D eigenvalue weighted by atomic mass is 10.1. The van der Waals surface area contributed by atoms with E-state index >= 15 is 0 Å². The summed E-state index contributed by atoms with van der Waals surface area (Å²) in [5.74, 6) is 0. The van der Waals surface area contributed by atoms with Crippen LogP contribution in [-0.2, 0) is 4.79 Å². The lowest BCUT2D eigenvalue weighted by molar-refractivity contribution is -0.108.